The number of carbonyl (C=O) groups is 2. The maximum atomic E-state index is 12.4. The van der Waals surface area contributed by atoms with Crippen LogP contribution in [0.5, 0.6) is 0 Å². The van der Waals surface area contributed by atoms with Crippen molar-refractivity contribution >= 4 is 11.7 Å². The van der Waals surface area contributed by atoms with Crippen LogP contribution in [-0.2, 0) is 14.3 Å². The van der Waals surface area contributed by atoms with Crippen molar-refractivity contribution in [3.8, 4) is 0 Å². The van der Waals surface area contributed by atoms with Gasteiger partial charge in [-0.05, 0) is 6.92 Å². The first-order valence-electron chi connectivity index (χ1n) is 6.31. The Hall–Kier alpha value is -0.940. The molecule has 1 aliphatic rings. The molecule has 0 radical (unpaired) electrons. The van der Waals surface area contributed by atoms with Gasteiger partial charge in [0.1, 0.15) is 0 Å². The van der Waals surface area contributed by atoms with Crippen LogP contribution < -0.4 is 5.73 Å². The van der Waals surface area contributed by atoms with E-state index < -0.39 is 17.5 Å². The molecule has 5 heteroatoms. The molecule has 0 bridgehead atoms. The van der Waals surface area contributed by atoms with Crippen molar-refractivity contribution in [1.29, 1.82) is 0 Å². The minimum atomic E-state index is -0.587. The molecule has 0 aliphatic carbocycles. The van der Waals surface area contributed by atoms with Gasteiger partial charge in [-0.15, -0.1) is 0 Å². The summed E-state index contributed by atoms with van der Waals surface area (Å²) >= 11 is 0. The van der Waals surface area contributed by atoms with Gasteiger partial charge >= 0.3 is 0 Å². The number of methoxy groups -OCH3 is 1. The highest BCUT2D eigenvalue weighted by Crippen LogP contribution is 2.28. The van der Waals surface area contributed by atoms with E-state index in [2.05, 4.69) is 0 Å². The summed E-state index contributed by atoms with van der Waals surface area (Å²) in [5.74, 6) is -0.117. The molecule has 0 aromatic carbocycles. The van der Waals surface area contributed by atoms with Crippen LogP contribution in [0.1, 0.15) is 34.1 Å². The van der Waals surface area contributed by atoms with Crippen molar-refractivity contribution in [2.75, 3.05) is 13.7 Å². The highest BCUT2D eigenvalue weighted by atomic mass is 16.5. The topological polar surface area (TPSA) is 72.6 Å². The third kappa shape index (κ3) is 3.09. The lowest BCUT2D eigenvalue weighted by Gasteiger charge is -2.29. The molecule has 5 nitrogen and oxygen atoms in total. The van der Waals surface area contributed by atoms with E-state index in [0.717, 1.165) is 0 Å². The molecule has 0 aromatic rings. The van der Waals surface area contributed by atoms with Crippen LogP contribution in [0.25, 0.3) is 0 Å². The van der Waals surface area contributed by atoms with Crippen LogP contribution in [0, 0.1) is 5.41 Å². The van der Waals surface area contributed by atoms with Crippen molar-refractivity contribution < 1.29 is 14.3 Å². The second-order valence-electron chi connectivity index (χ2n) is 6.00. The Kier molecular flexibility index (Phi) is 4.50. The zero-order valence-electron chi connectivity index (χ0n) is 11.9. The van der Waals surface area contributed by atoms with E-state index in [1.807, 2.05) is 20.8 Å². The van der Waals surface area contributed by atoms with Gasteiger partial charge in [-0.1, -0.05) is 20.8 Å². The van der Waals surface area contributed by atoms with E-state index in [4.69, 9.17) is 10.5 Å². The summed E-state index contributed by atoms with van der Waals surface area (Å²) in [4.78, 5) is 26.0. The van der Waals surface area contributed by atoms with Crippen LogP contribution in [0.2, 0.25) is 0 Å². The molecule has 18 heavy (non-hydrogen) atoms. The normalized spacial score (nSPS) is 26.2. The maximum Gasteiger partial charge on any atom is 0.239 e. The molecule has 1 rings (SSSR count). The standard InChI is InChI=1S/C13H24N2O3/c1-8(14)12(17)15-7-9(18-5)6-10(15)11(16)13(2,3)4/h8-10H,6-7,14H2,1-5H3. The molecule has 1 fully saturated rings. The van der Waals surface area contributed by atoms with Gasteiger partial charge in [-0.3, -0.25) is 9.59 Å². The van der Waals surface area contributed by atoms with Crippen molar-refractivity contribution in [2.24, 2.45) is 11.1 Å². The molecule has 0 spiro atoms. The zero-order chi connectivity index (χ0) is 14.1. The highest BCUT2D eigenvalue weighted by molar-refractivity contribution is 5.94. The quantitative estimate of drug-likeness (QED) is 0.801. The molecule has 104 valence electrons. The SMILES string of the molecule is COC1CC(C(=O)C(C)(C)C)N(C(=O)C(C)N)C1. The molecule has 0 saturated carbocycles. The fourth-order valence-corrected chi connectivity index (χ4v) is 2.22. The number of nitrogens with two attached hydrogens (primary N) is 1. The fourth-order valence-electron chi connectivity index (χ4n) is 2.22. The van der Waals surface area contributed by atoms with Gasteiger partial charge in [0, 0.05) is 25.5 Å². The third-order valence-electron chi connectivity index (χ3n) is 3.31. The van der Waals surface area contributed by atoms with E-state index in [9.17, 15) is 9.59 Å². The maximum absolute atomic E-state index is 12.4. The van der Waals surface area contributed by atoms with E-state index in [-0.39, 0.29) is 17.8 Å². The van der Waals surface area contributed by atoms with Gasteiger partial charge in [0.15, 0.2) is 5.78 Å². The van der Waals surface area contributed by atoms with Crippen LogP contribution in [0.15, 0.2) is 0 Å². The van der Waals surface area contributed by atoms with Crippen LogP contribution in [0.3, 0.4) is 0 Å². The van der Waals surface area contributed by atoms with Gasteiger partial charge in [-0.2, -0.15) is 0 Å². The Balaban J connectivity index is 2.93. The molecule has 1 saturated heterocycles. The van der Waals surface area contributed by atoms with Crippen molar-refractivity contribution in [1.82, 2.24) is 4.90 Å². The monoisotopic (exact) mass is 256 g/mol. The Bertz CT molecular complexity index is 334. The molecule has 1 aliphatic heterocycles. The number of hydrogen-bond donors (Lipinski definition) is 1. The first-order valence-corrected chi connectivity index (χ1v) is 6.31. The average Bonchev–Trinajstić information content (AvgIpc) is 2.69. The van der Waals surface area contributed by atoms with Crippen LogP contribution in [-0.4, -0.2) is 48.4 Å². The number of carbonyl (C=O) groups excluding carboxylic acids is 2. The molecule has 2 N–H and O–H groups in total. The Morgan fingerprint density at radius 1 is 1.39 bits per heavy atom. The third-order valence-corrected chi connectivity index (χ3v) is 3.31. The second kappa shape index (κ2) is 5.36. The smallest absolute Gasteiger partial charge is 0.239 e. The zero-order valence-corrected chi connectivity index (χ0v) is 11.9. The first-order chi connectivity index (χ1) is 8.18. The van der Waals surface area contributed by atoms with Crippen molar-refractivity contribution in [2.45, 2.75) is 52.3 Å². The summed E-state index contributed by atoms with van der Waals surface area (Å²) in [5, 5.41) is 0. The summed E-state index contributed by atoms with van der Waals surface area (Å²) in [6, 6.07) is -0.996. The van der Waals surface area contributed by atoms with E-state index in [1.54, 1.807) is 18.9 Å². The molecular formula is C13H24N2O3. The minimum absolute atomic E-state index is 0.0658. The van der Waals surface area contributed by atoms with E-state index in [0.29, 0.717) is 13.0 Å². The summed E-state index contributed by atoms with van der Waals surface area (Å²) in [5.41, 5.74) is 5.16. The number of likely N-dealkylation sites (tertiary alicyclic amines) is 1. The van der Waals surface area contributed by atoms with Gasteiger partial charge in [0.25, 0.3) is 0 Å². The predicted molar refractivity (Wildman–Crippen MR) is 69.0 cm³/mol. The molecule has 1 amide bonds. The Morgan fingerprint density at radius 3 is 2.33 bits per heavy atom. The van der Waals surface area contributed by atoms with E-state index in [1.165, 1.54) is 0 Å². The Morgan fingerprint density at radius 2 is 1.94 bits per heavy atom. The van der Waals surface area contributed by atoms with Gasteiger partial charge in [0.05, 0.1) is 18.2 Å². The molecule has 1 heterocycles. The van der Waals surface area contributed by atoms with Crippen LogP contribution >= 0.6 is 0 Å². The molecule has 3 unspecified atom stereocenters. The number of rotatable bonds is 3. The largest absolute Gasteiger partial charge is 0.380 e. The van der Waals surface area contributed by atoms with Crippen LogP contribution in [0.4, 0.5) is 0 Å². The molecule has 0 aromatic heterocycles. The van der Waals surface area contributed by atoms with Gasteiger partial charge in [-0.25, -0.2) is 0 Å². The summed E-state index contributed by atoms with van der Waals surface area (Å²) < 4.78 is 5.28. The van der Waals surface area contributed by atoms with Crippen molar-refractivity contribution in [3.05, 3.63) is 0 Å². The number of amides is 1. The first kappa shape index (κ1) is 15.1. The summed E-state index contributed by atoms with van der Waals surface area (Å²) in [6.45, 7) is 7.68. The Labute approximate surface area is 109 Å². The fraction of sp³-hybridized carbons (Fsp3) is 0.846. The second-order valence-corrected chi connectivity index (χ2v) is 6.00. The summed E-state index contributed by atoms with van der Waals surface area (Å²) in [6.07, 6.45) is 0.481. The lowest BCUT2D eigenvalue weighted by Crippen LogP contribution is -2.49. The minimum Gasteiger partial charge on any atom is -0.380 e. The van der Waals surface area contributed by atoms with E-state index >= 15 is 0 Å². The summed E-state index contributed by atoms with van der Waals surface area (Å²) in [7, 11) is 1.60. The van der Waals surface area contributed by atoms with Gasteiger partial charge < -0.3 is 15.4 Å². The number of Topliss-reactive ketones (excluding diaryl/α,β-unsaturated/α-hetero) is 1. The molecule has 3 atom stereocenters. The lowest BCUT2D eigenvalue weighted by atomic mass is 9.85. The number of ether oxygens (including phenoxy) is 1. The van der Waals surface area contributed by atoms with Crippen molar-refractivity contribution in [3.63, 3.8) is 0 Å². The lowest BCUT2D eigenvalue weighted by molar-refractivity contribution is -0.141. The number of hydrogen-bond acceptors (Lipinski definition) is 4. The number of nitrogens with zero attached hydrogens (tertiary/aromatic N) is 1. The highest BCUT2D eigenvalue weighted by Gasteiger charge is 2.43. The number of ketones is 1. The predicted octanol–water partition coefficient (Wildman–Crippen LogP) is 0.565. The molecular weight excluding hydrogens is 232 g/mol. The van der Waals surface area contributed by atoms with Gasteiger partial charge in [0.2, 0.25) is 5.91 Å². The average molecular weight is 256 g/mol.